The number of anilines is 2. The first-order valence-electron chi connectivity index (χ1n) is 17.9. The van der Waals surface area contributed by atoms with Gasteiger partial charge in [0.2, 0.25) is 17.0 Å². The smallest absolute Gasteiger partial charge is 0.350 e. The molecule has 0 radical (unpaired) electrons. The van der Waals surface area contributed by atoms with E-state index in [0.29, 0.717) is 18.5 Å². The Morgan fingerprint density at radius 3 is 2.27 bits per heavy atom. The van der Waals surface area contributed by atoms with Gasteiger partial charge in [-0.1, -0.05) is 18.1 Å². The number of carbonyl (C=O) groups excluding carboxylic acids is 5. The van der Waals surface area contributed by atoms with Gasteiger partial charge < -0.3 is 43.8 Å². The van der Waals surface area contributed by atoms with Crippen molar-refractivity contribution in [2.45, 2.75) is 89.6 Å². The van der Waals surface area contributed by atoms with Gasteiger partial charge in [-0.3, -0.25) is 14.2 Å². The molecule has 2 fully saturated rings. The van der Waals surface area contributed by atoms with Crippen LogP contribution in [0, 0.1) is 12.3 Å². The van der Waals surface area contributed by atoms with Gasteiger partial charge in [-0.25, -0.2) is 19.4 Å². The van der Waals surface area contributed by atoms with Crippen molar-refractivity contribution in [1.29, 1.82) is 0 Å². The van der Waals surface area contributed by atoms with Gasteiger partial charge in [0.1, 0.15) is 17.7 Å². The zero-order valence-corrected chi connectivity index (χ0v) is 32.3. The zero-order valence-electron chi connectivity index (χ0n) is 31.5. The van der Waals surface area contributed by atoms with Crippen LogP contribution in [-0.4, -0.2) is 112 Å². The molecule has 4 heterocycles. The molecule has 1 aromatic carbocycles. The Hall–Kier alpha value is -5.51. The molecule has 0 saturated carbocycles. The van der Waals surface area contributed by atoms with Crippen LogP contribution >= 0.6 is 11.6 Å². The standard InChI is InChI=1S/C37H43ClN6O12/c1-7-36(56-22(6)46)26(55-31(28(36)54-21(5)45)44-20-40-27-29(39)41-35(38)42-30(27)44)19-53-37(33(48)51-9-3,34(49)52-10-4)18-23-13-15-24(16-14-23)43-17-11-12-25(43)32(47)50-8-2/h1,13-16,20,25-26,28,31H,8-12,17-19H2,2-6H3,(H2,39,41,42)/t25?,26-,28+,31-,36-/m1/s1. The van der Waals surface area contributed by atoms with Crippen LogP contribution in [0.4, 0.5) is 11.5 Å². The van der Waals surface area contributed by atoms with E-state index in [2.05, 4.69) is 20.9 Å². The first kappa shape index (κ1) is 41.6. The number of nitrogens with two attached hydrogens (primary N) is 1. The predicted octanol–water partition coefficient (Wildman–Crippen LogP) is 2.48. The van der Waals surface area contributed by atoms with E-state index in [4.69, 9.17) is 56.9 Å². The highest BCUT2D eigenvalue weighted by Crippen LogP contribution is 2.44. The molecule has 3 aromatic rings. The van der Waals surface area contributed by atoms with E-state index in [9.17, 15) is 24.0 Å². The van der Waals surface area contributed by atoms with Gasteiger partial charge in [0.05, 0.1) is 32.8 Å². The molecule has 2 aromatic heterocycles. The Morgan fingerprint density at radius 1 is 1.02 bits per heavy atom. The summed E-state index contributed by atoms with van der Waals surface area (Å²) < 4.78 is 41.4. The first-order chi connectivity index (χ1) is 26.7. The summed E-state index contributed by atoms with van der Waals surface area (Å²) >= 11 is 6.11. The van der Waals surface area contributed by atoms with Crippen LogP contribution in [0.1, 0.15) is 59.3 Å². The number of halogens is 1. The molecule has 2 N–H and O–H groups in total. The molecule has 0 bridgehead atoms. The quantitative estimate of drug-likeness (QED) is 0.0767. The molecule has 0 amide bonds. The predicted molar refractivity (Wildman–Crippen MR) is 197 cm³/mol. The third kappa shape index (κ3) is 8.20. The van der Waals surface area contributed by atoms with E-state index in [1.165, 1.54) is 10.9 Å². The number of ether oxygens (including phenoxy) is 7. The summed E-state index contributed by atoms with van der Waals surface area (Å²) in [6.07, 6.45) is 3.84. The number of nitrogen functional groups attached to an aromatic ring is 1. The number of nitrogens with zero attached hydrogens (tertiary/aromatic N) is 5. The van der Waals surface area contributed by atoms with Gasteiger partial charge >= 0.3 is 29.8 Å². The fraction of sp³-hybridized carbons (Fsp3) is 0.514. The van der Waals surface area contributed by atoms with Crippen molar-refractivity contribution >= 4 is 64.1 Å². The van der Waals surface area contributed by atoms with Crippen LogP contribution in [0.15, 0.2) is 30.6 Å². The van der Waals surface area contributed by atoms with Crippen molar-refractivity contribution in [2.24, 2.45) is 0 Å². The molecule has 2 aliphatic rings. The van der Waals surface area contributed by atoms with Crippen molar-refractivity contribution < 1.29 is 57.1 Å². The second-order valence-corrected chi connectivity index (χ2v) is 13.1. The molecule has 1 unspecified atom stereocenters. The molecule has 300 valence electrons. The average molecular weight is 799 g/mol. The lowest BCUT2D eigenvalue weighted by atomic mass is 9.91. The highest BCUT2D eigenvalue weighted by atomic mass is 35.5. The van der Waals surface area contributed by atoms with Crippen molar-refractivity contribution in [3.63, 3.8) is 0 Å². The summed E-state index contributed by atoms with van der Waals surface area (Å²) in [5.74, 6) is -1.86. The largest absolute Gasteiger partial charge is 0.464 e. The molecule has 5 atom stereocenters. The number of aromatic nitrogens is 4. The minimum absolute atomic E-state index is 0.0540. The fourth-order valence-corrected chi connectivity index (χ4v) is 7.03. The SMILES string of the molecule is C#C[C@@]1(OC(C)=O)[C@@H](COC(Cc2ccc(N3CCCC3C(=O)OCC)cc2)(C(=O)OCC)C(=O)OCC)O[C@@H](n2cnc3c(N)nc(Cl)nc32)[C@@H]1OC(C)=O. The van der Waals surface area contributed by atoms with Gasteiger partial charge in [-0.15, -0.1) is 6.42 Å². The van der Waals surface area contributed by atoms with Crippen molar-refractivity contribution in [3.8, 4) is 12.3 Å². The van der Waals surface area contributed by atoms with Gasteiger partial charge in [0.15, 0.2) is 17.7 Å². The van der Waals surface area contributed by atoms with Crippen LogP contribution in [0.25, 0.3) is 11.2 Å². The fourth-order valence-electron chi connectivity index (χ4n) is 6.86. The molecule has 2 aliphatic heterocycles. The Labute approximate surface area is 327 Å². The molecular formula is C37H43ClN6O12. The van der Waals surface area contributed by atoms with E-state index in [0.717, 1.165) is 26.0 Å². The van der Waals surface area contributed by atoms with E-state index in [-0.39, 0.29) is 48.1 Å². The molecule has 0 aliphatic carbocycles. The van der Waals surface area contributed by atoms with Crippen LogP contribution < -0.4 is 10.6 Å². The third-order valence-electron chi connectivity index (χ3n) is 9.21. The van der Waals surface area contributed by atoms with Crippen molar-refractivity contribution in [2.75, 3.05) is 43.6 Å². The average Bonchev–Trinajstić information content (AvgIpc) is 3.87. The van der Waals surface area contributed by atoms with E-state index in [1.54, 1.807) is 45.0 Å². The Bertz CT molecular complexity index is 1980. The first-order valence-corrected chi connectivity index (χ1v) is 18.3. The molecule has 18 nitrogen and oxygen atoms in total. The van der Waals surface area contributed by atoms with Crippen molar-refractivity contribution in [1.82, 2.24) is 19.5 Å². The summed E-state index contributed by atoms with van der Waals surface area (Å²) in [6, 6.07) is 6.41. The minimum atomic E-state index is -2.46. The summed E-state index contributed by atoms with van der Waals surface area (Å²) in [6.45, 7) is 6.93. The lowest BCUT2D eigenvalue weighted by molar-refractivity contribution is -0.200. The summed E-state index contributed by atoms with van der Waals surface area (Å²) in [5, 5.41) is -0.234. The normalized spacial score (nSPS) is 22.0. The summed E-state index contributed by atoms with van der Waals surface area (Å²) in [4.78, 5) is 80.0. The lowest BCUT2D eigenvalue weighted by Crippen LogP contribution is -2.57. The molecule has 56 heavy (non-hydrogen) atoms. The van der Waals surface area contributed by atoms with Gasteiger partial charge in [0, 0.05) is 32.5 Å². The summed E-state index contributed by atoms with van der Waals surface area (Å²) in [5.41, 5.74) is 2.70. The molecule has 19 heteroatoms. The maximum atomic E-state index is 13.9. The number of esters is 5. The maximum absolute atomic E-state index is 13.9. The van der Waals surface area contributed by atoms with Gasteiger partial charge in [0.25, 0.3) is 5.60 Å². The molecule has 0 spiro atoms. The Kier molecular flexibility index (Phi) is 13.0. The van der Waals surface area contributed by atoms with Gasteiger partial charge in [-0.05, 0) is 62.9 Å². The number of hydrogen-bond donors (Lipinski definition) is 1. The van der Waals surface area contributed by atoms with E-state index >= 15 is 0 Å². The maximum Gasteiger partial charge on any atom is 0.350 e. The van der Waals surface area contributed by atoms with Gasteiger partial charge in [-0.2, -0.15) is 9.97 Å². The van der Waals surface area contributed by atoms with E-state index in [1.807, 2.05) is 4.90 Å². The third-order valence-corrected chi connectivity index (χ3v) is 9.38. The zero-order chi connectivity index (χ0) is 40.8. The second kappa shape index (κ2) is 17.5. The number of hydrogen-bond acceptors (Lipinski definition) is 17. The van der Waals surface area contributed by atoms with Crippen LogP contribution in [0.2, 0.25) is 5.28 Å². The van der Waals surface area contributed by atoms with Crippen LogP contribution in [-0.2, 0) is 63.6 Å². The number of rotatable bonds is 15. The molecule has 5 rings (SSSR count). The lowest BCUT2D eigenvalue weighted by Gasteiger charge is -2.35. The van der Waals surface area contributed by atoms with Crippen molar-refractivity contribution in [3.05, 3.63) is 41.4 Å². The van der Waals surface area contributed by atoms with Crippen LogP contribution in [0.5, 0.6) is 0 Å². The highest BCUT2D eigenvalue weighted by Gasteiger charge is 2.63. The second-order valence-electron chi connectivity index (χ2n) is 12.8. The van der Waals surface area contributed by atoms with Crippen LogP contribution in [0.3, 0.4) is 0 Å². The number of carbonyl (C=O) groups is 5. The topological polar surface area (TPSA) is 223 Å². The number of imidazole rings is 1. The Morgan fingerprint density at radius 2 is 1.68 bits per heavy atom. The number of benzene rings is 1. The highest BCUT2D eigenvalue weighted by molar-refractivity contribution is 6.28. The molecular weight excluding hydrogens is 756 g/mol. The summed E-state index contributed by atoms with van der Waals surface area (Å²) in [7, 11) is 0. The minimum Gasteiger partial charge on any atom is -0.464 e. The number of fused-ring (bicyclic) bond motifs is 1. The Balaban J connectivity index is 1.55. The monoisotopic (exact) mass is 798 g/mol. The number of terminal acetylenes is 1. The van der Waals surface area contributed by atoms with E-state index < -0.39 is 72.6 Å². The molecule has 2 saturated heterocycles.